The van der Waals surface area contributed by atoms with Crippen LogP contribution in [-0.4, -0.2) is 8.42 Å². The molecule has 0 fully saturated rings. The fraction of sp³-hybridized carbons (Fsp3) is 0.0769. The first-order valence-corrected chi connectivity index (χ1v) is 6.45. The molecule has 1 aliphatic heterocycles. The standard InChI is InChI=1S/C13H12O2S/c1-3-7-12-10(4-2)11-8-5-6-9-13(11)16(12,14)15/h3-9H,2H2,1H3/b7-3-. The number of sulfone groups is 1. The van der Waals surface area contributed by atoms with Crippen LogP contribution in [0.2, 0.25) is 0 Å². The Balaban J connectivity index is 2.85. The molecule has 0 aliphatic carbocycles. The molecule has 82 valence electrons. The summed E-state index contributed by atoms with van der Waals surface area (Å²) >= 11 is 0. The lowest BCUT2D eigenvalue weighted by Crippen LogP contribution is -1.98. The van der Waals surface area contributed by atoms with Gasteiger partial charge in [-0.15, -0.1) is 0 Å². The summed E-state index contributed by atoms with van der Waals surface area (Å²) in [7, 11) is -3.35. The molecule has 0 bridgehead atoms. The monoisotopic (exact) mass is 232 g/mol. The predicted molar refractivity (Wildman–Crippen MR) is 65.6 cm³/mol. The van der Waals surface area contributed by atoms with Crippen molar-refractivity contribution >= 4 is 15.4 Å². The molecule has 0 unspecified atom stereocenters. The van der Waals surface area contributed by atoms with Gasteiger partial charge in [-0.1, -0.05) is 36.9 Å². The Kier molecular flexibility index (Phi) is 2.56. The van der Waals surface area contributed by atoms with E-state index in [1.165, 1.54) is 0 Å². The molecule has 16 heavy (non-hydrogen) atoms. The van der Waals surface area contributed by atoms with Crippen LogP contribution in [0.4, 0.5) is 0 Å². The Hall–Kier alpha value is -1.61. The molecule has 0 radical (unpaired) electrons. The van der Waals surface area contributed by atoms with E-state index in [1.54, 1.807) is 43.4 Å². The van der Waals surface area contributed by atoms with Crippen LogP contribution in [0.15, 0.2) is 58.9 Å². The van der Waals surface area contributed by atoms with Crippen molar-refractivity contribution in [1.82, 2.24) is 0 Å². The van der Waals surface area contributed by atoms with E-state index in [4.69, 9.17) is 0 Å². The smallest absolute Gasteiger partial charge is 0.207 e. The molecule has 0 amide bonds. The Morgan fingerprint density at radius 2 is 1.94 bits per heavy atom. The Morgan fingerprint density at radius 1 is 1.25 bits per heavy atom. The van der Waals surface area contributed by atoms with Crippen LogP contribution in [0.5, 0.6) is 0 Å². The average Bonchev–Trinajstić information content (AvgIpc) is 2.49. The maximum Gasteiger partial charge on any atom is 0.207 e. The van der Waals surface area contributed by atoms with Crippen LogP contribution in [-0.2, 0) is 9.84 Å². The van der Waals surface area contributed by atoms with E-state index in [0.717, 1.165) is 5.56 Å². The lowest BCUT2D eigenvalue weighted by Gasteiger charge is -1.97. The summed E-state index contributed by atoms with van der Waals surface area (Å²) < 4.78 is 24.4. The van der Waals surface area contributed by atoms with Gasteiger partial charge in [-0.3, -0.25) is 0 Å². The minimum absolute atomic E-state index is 0.339. The highest BCUT2D eigenvalue weighted by Crippen LogP contribution is 2.39. The number of benzene rings is 1. The van der Waals surface area contributed by atoms with Gasteiger partial charge in [-0.05, 0) is 19.1 Å². The molecule has 2 nitrogen and oxygen atoms in total. The zero-order valence-electron chi connectivity index (χ0n) is 8.97. The van der Waals surface area contributed by atoms with Crippen LogP contribution < -0.4 is 0 Å². The fourth-order valence-corrected chi connectivity index (χ4v) is 3.62. The zero-order chi connectivity index (χ0) is 11.8. The van der Waals surface area contributed by atoms with Crippen LogP contribution in [0, 0.1) is 0 Å². The van der Waals surface area contributed by atoms with E-state index in [0.29, 0.717) is 15.4 Å². The Labute approximate surface area is 95.5 Å². The van der Waals surface area contributed by atoms with Crippen molar-refractivity contribution in [3.63, 3.8) is 0 Å². The number of rotatable bonds is 2. The number of allylic oxidation sites excluding steroid dienone is 4. The summed E-state index contributed by atoms with van der Waals surface area (Å²) in [4.78, 5) is 0.712. The van der Waals surface area contributed by atoms with Crippen LogP contribution in [0.25, 0.3) is 5.57 Å². The average molecular weight is 232 g/mol. The summed E-state index contributed by atoms with van der Waals surface area (Å²) in [5, 5.41) is 0. The first kappa shape index (κ1) is 10.9. The van der Waals surface area contributed by atoms with Crippen molar-refractivity contribution in [3.8, 4) is 0 Å². The second kappa shape index (κ2) is 3.76. The normalized spacial score (nSPS) is 17.8. The van der Waals surface area contributed by atoms with Crippen LogP contribution in [0.3, 0.4) is 0 Å². The highest BCUT2D eigenvalue weighted by atomic mass is 32.2. The van der Waals surface area contributed by atoms with Gasteiger partial charge in [0.05, 0.1) is 9.80 Å². The van der Waals surface area contributed by atoms with Gasteiger partial charge in [0, 0.05) is 11.1 Å². The van der Waals surface area contributed by atoms with Crippen molar-refractivity contribution in [1.29, 1.82) is 0 Å². The summed E-state index contributed by atoms with van der Waals surface area (Å²) in [6.07, 6.45) is 4.94. The molecule has 1 aromatic rings. The third-order valence-corrected chi connectivity index (χ3v) is 4.41. The van der Waals surface area contributed by atoms with Crippen molar-refractivity contribution < 1.29 is 8.42 Å². The maximum atomic E-state index is 12.2. The van der Waals surface area contributed by atoms with E-state index in [1.807, 2.05) is 6.07 Å². The molecule has 0 spiro atoms. The van der Waals surface area contributed by atoms with Gasteiger partial charge in [-0.25, -0.2) is 8.42 Å². The topological polar surface area (TPSA) is 34.1 Å². The van der Waals surface area contributed by atoms with E-state index < -0.39 is 9.84 Å². The summed E-state index contributed by atoms with van der Waals surface area (Å²) in [5.74, 6) is 0. The molecule has 0 saturated carbocycles. The molecule has 1 heterocycles. The van der Waals surface area contributed by atoms with Crippen molar-refractivity contribution in [2.75, 3.05) is 0 Å². The van der Waals surface area contributed by atoms with Crippen molar-refractivity contribution in [2.24, 2.45) is 0 Å². The van der Waals surface area contributed by atoms with Crippen molar-refractivity contribution in [3.05, 3.63) is 59.5 Å². The number of hydrogen-bond donors (Lipinski definition) is 0. The Bertz CT molecular complexity index is 605. The molecule has 0 atom stereocenters. The number of fused-ring (bicyclic) bond motifs is 1. The molecule has 1 aliphatic rings. The second-order valence-corrected chi connectivity index (χ2v) is 5.37. The molecule has 1 aromatic carbocycles. The van der Waals surface area contributed by atoms with Crippen LogP contribution >= 0.6 is 0 Å². The molecular weight excluding hydrogens is 220 g/mol. The molecule has 0 aromatic heterocycles. The summed E-state index contributed by atoms with van der Waals surface area (Å²) in [6, 6.07) is 7.00. The molecule has 0 saturated heterocycles. The van der Waals surface area contributed by atoms with E-state index in [2.05, 4.69) is 6.58 Å². The van der Waals surface area contributed by atoms with Gasteiger partial charge in [0.1, 0.15) is 0 Å². The molecular formula is C13H12O2S. The molecule has 0 N–H and O–H groups in total. The van der Waals surface area contributed by atoms with E-state index in [-0.39, 0.29) is 0 Å². The SMILES string of the molecule is C=CC1=C(/C=C\C)S(=O)(=O)c2ccccc21. The van der Waals surface area contributed by atoms with Gasteiger partial charge in [0.25, 0.3) is 0 Å². The first-order valence-electron chi connectivity index (χ1n) is 4.97. The van der Waals surface area contributed by atoms with Gasteiger partial charge in [-0.2, -0.15) is 0 Å². The third-order valence-electron chi connectivity index (χ3n) is 2.54. The minimum atomic E-state index is -3.35. The highest BCUT2D eigenvalue weighted by Gasteiger charge is 2.32. The van der Waals surface area contributed by atoms with E-state index in [9.17, 15) is 8.42 Å². The zero-order valence-corrected chi connectivity index (χ0v) is 9.79. The summed E-state index contributed by atoms with van der Waals surface area (Å²) in [6.45, 7) is 5.48. The largest absolute Gasteiger partial charge is 0.218 e. The lowest BCUT2D eigenvalue weighted by atomic mass is 10.1. The Morgan fingerprint density at radius 3 is 2.56 bits per heavy atom. The van der Waals surface area contributed by atoms with Gasteiger partial charge in [0.2, 0.25) is 9.84 Å². The summed E-state index contributed by atoms with van der Waals surface area (Å²) in [5.41, 5.74) is 1.43. The second-order valence-electron chi connectivity index (χ2n) is 3.48. The van der Waals surface area contributed by atoms with Gasteiger partial charge in [0.15, 0.2) is 0 Å². The van der Waals surface area contributed by atoms with Gasteiger partial charge < -0.3 is 0 Å². The van der Waals surface area contributed by atoms with E-state index >= 15 is 0 Å². The fourth-order valence-electron chi connectivity index (χ4n) is 1.86. The number of hydrogen-bond acceptors (Lipinski definition) is 2. The van der Waals surface area contributed by atoms with Gasteiger partial charge >= 0.3 is 0 Å². The minimum Gasteiger partial charge on any atom is -0.218 e. The lowest BCUT2D eigenvalue weighted by molar-refractivity contribution is 0.604. The van der Waals surface area contributed by atoms with Crippen LogP contribution in [0.1, 0.15) is 12.5 Å². The first-order chi connectivity index (χ1) is 7.62. The molecule has 2 rings (SSSR count). The van der Waals surface area contributed by atoms with Crippen molar-refractivity contribution in [2.45, 2.75) is 11.8 Å². The maximum absolute atomic E-state index is 12.2. The quantitative estimate of drug-likeness (QED) is 0.785. The molecule has 3 heteroatoms. The predicted octanol–water partition coefficient (Wildman–Crippen LogP) is 2.95. The highest BCUT2D eigenvalue weighted by molar-refractivity contribution is 7.96. The third kappa shape index (κ3) is 1.36.